The molecule has 0 bridgehead atoms. The third-order valence-electron chi connectivity index (χ3n) is 2.92. The van der Waals surface area contributed by atoms with Crippen LogP contribution in [0.1, 0.15) is 23.7 Å². The average Bonchev–Trinajstić information content (AvgIpc) is 2.75. The van der Waals surface area contributed by atoms with Gasteiger partial charge in [0.25, 0.3) is 10.7 Å². The number of aromatic amines is 1. The number of carbonyl (C=O) groups is 1. The first-order valence-corrected chi connectivity index (χ1v) is 6.53. The van der Waals surface area contributed by atoms with Crippen molar-refractivity contribution in [2.45, 2.75) is 13.3 Å². The van der Waals surface area contributed by atoms with Gasteiger partial charge in [0.15, 0.2) is 5.58 Å². The Morgan fingerprint density at radius 3 is 3.11 bits per heavy atom. The smallest absolute Gasteiger partial charge is 0.266 e. The van der Waals surface area contributed by atoms with Gasteiger partial charge in [-0.15, -0.1) is 0 Å². The average molecular weight is 280 g/mol. The first-order chi connectivity index (χ1) is 9.10. The molecule has 0 aliphatic rings. The van der Waals surface area contributed by atoms with E-state index < -0.39 is 0 Å². The SMILES string of the molecule is CC(CCO)CNC(=O)c1ccc2[nH]c(=S)oc2c1. The van der Waals surface area contributed by atoms with Crippen LogP contribution in [0.25, 0.3) is 11.1 Å². The lowest BCUT2D eigenvalue weighted by Gasteiger charge is -2.10. The highest BCUT2D eigenvalue weighted by Gasteiger charge is 2.09. The molecule has 102 valence electrons. The molecule has 1 atom stereocenters. The van der Waals surface area contributed by atoms with E-state index in [9.17, 15) is 4.79 Å². The van der Waals surface area contributed by atoms with Crippen LogP contribution >= 0.6 is 12.2 Å². The number of oxazole rings is 1. The zero-order valence-electron chi connectivity index (χ0n) is 10.6. The molecule has 0 aliphatic heterocycles. The van der Waals surface area contributed by atoms with Crippen molar-refractivity contribution >= 4 is 29.2 Å². The van der Waals surface area contributed by atoms with Crippen molar-refractivity contribution in [2.75, 3.05) is 13.2 Å². The number of aliphatic hydroxyl groups excluding tert-OH is 1. The van der Waals surface area contributed by atoms with Crippen molar-refractivity contribution < 1.29 is 14.3 Å². The number of nitrogens with one attached hydrogen (secondary N) is 2. The summed E-state index contributed by atoms with van der Waals surface area (Å²) in [7, 11) is 0. The lowest BCUT2D eigenvalue weighted by Crippen LogP contribution is -2.28. The Morgan fingerprint density at radius 1 is 1.58 bits per heavy atom. The highest BCUT2D eigenvalue weighted by atomic mass is 32.1. The fraction of sp³-hybridized carbons (Fsp3) is 0.385. The topological polar surface area (TPSA) is 78.3 Å². The number of aromatic nitrogens is 1. The molecular formula is C13H16N2O3S. The number of carbonyl (C=O) groups excluding carboxylic acids is 1. The van der Waals surface area contributed by atoms with Crippen molar-refractivity contribution in [3.63, 3.8) is 0 Å². The highest BCUT2D eigenvalue weighted by Crippen LogP contribution is 2.15. The van der Waals surface area contributed by atoms with Crippen LogP contribution in [-0.2, 0) is 0 Å². The fourth-order valence-corrected chi connectivity index (χ4v) is 1.98. The molecule has 2 aromatic rings. The lowest BCUT2D eigenvalue weighted by atomic mass is 10.1. The predicted octanol–water partition coefficient (Wildman–Crippen LogP) is 2.24. The highest BCUT2D eigenvalue weighted by molar-refractivity contribution is 7.71. The number of H-pyrrole nitrogens is 1. The molecule has 1 amide bonds. The van der Waals surface area contributed by atoms with E-state index in [1.54, 1.807) is 18.2 Å². The van der Waals surface area contributed by atoms with Gasteiger partial charge in [-0.25, -0.2) is 0 Å². The molecule has 3 N–H and O–H groups in total. The molecular weight excluding hydrogens is 264 g/mol. The van der Waals surface area contributed by atoms with Crippen LogP contribution in [0.2, 0.25) is 0 Å². The van der Waals surface area contributed by atoms with Gasteiger partial charge in [-0.05, 0) is 42.8 Å². The summed E-state index contributed by atoms with van der Waals surface area (Å²) in [6.07, 6.45) is 0.672. The molecule has 1 aromatic heterocycles. The van der Waals surface area contributed by atoms with Crippen molar-refractivity contribution in [3.8, 4) is 0 Å². The molecule has 0 fully saturated rings. The first kappa shape index (κ1) is 13.8. The Kier molecular flexibility index (Phi) is 4.34. The van der Waals surface area contributed by atoms with E-state index in [2.05, 4.69) is 10.3 Å². The summed E-state index contributed by atoms with van der Waals surface area (Å²) in [5, 5.41) is 11.6. The van der Waals surface area contributed by atoms with Gasteiger partial charge in [0.05, 0.1) is 5.52 Å². The summed E-state index contributed by atoms with van der Waals surface area (Å²) in [4.78, 5) is 15.1. The van der Waals surface area contributed by atoms with E-state index in [4.69, 9.17) is 21.7 Å². The molecule has 2 rings (SSSR count). The molecule has 0 saturated heterocycles. The van der Waals surface area contributed by atoms with Crippen molar-refractivity contribution in [1.29, 1.82) is 0 Å². The van der Waals surface area contributed by atoms with Crippen LogP contribution in [0.3, 0.4) is 0 Å². The number of amides is 1. The van der Waals surface area contributed by atoms with Crippen molar-refractivity contribution in [3.05, 3.63) is 28.6 Å². The maximum Gasteiger partial charge on any atom is 0.266 e. The minimum atomic E-state index is -0.158. The largest absolute Gasteiger partial charge is 0.429 e. The summed E-state index contributed by atoms with van der Waals surface area (Å²) in [6.45, 7) is 2.64. The lowest BCUT2D eigenvalue weighted by molar-refractivity contribution is 0.0945. The van der Waals surface area contributed by atoms with E-state index in [-0.39, 0.29) is 18.4 Å². The second-order valence-electron chi connectivity index (χ2n) is 4.55. The van der Waals surface area contributed by atoms with Crippen molar-refractivity contribution in [1.82, 2.24) is 10.3 Å². The summed E-state index contributed by atoms with van der Waals surface area (Å²) >= 11 is 4.89. The molecule has 1 unspecified atom stereocenters. The monoisotopic (exact) mass is 280 g/mol. The summed E-state index contributed by atoms with van der Waals surface area (Å²) in [6, 6.07) is 5.14. The van der Waals surface area contributed by atoms with E-state index in [0.29, 0.717) is 28.9 Å². The van der Waals surface area contributed by atoms with Gasteiger partial charge < -0.3 is 19.8 Å². The van der Waals surface area contributed by atoms with E-state index >= 15 is 0 Å². The molecule has 0 aliphatic carbocycles. The van der Waals surface area contributed by atoms with Gasteiger partial charge in [-0.2, -0.15) is 0 Å². The maximum absolute atomic E-state index is 12.0. The first-order valence-electron chi connectivity index (χ1n) is 6.12. The van der Waals surface area contributed by atoms with Crippen LogP contribution in [-0.4, -0.2) is 29.1 Å². The van der Waals surface area contributed by atoms with E-state index in [0.717, 1.165) is 5.52 Å². The summed E-state index contributed by atoms with van der Waals surface area (Å²) in [5.74, 6) is 0.0860. The second-order valence-corrected chi connectivity index (χ2v) is 4.92. The van der Waals surface area contributed by atoms with Crippen molar-refractivity contribution in [2.24, 2.45) is 5.92 Å². The van der Waals surface area contributed by atoms with Gasteiger partial charge in [-0.3, -0.25) is 4.79 Å². The summed E-state index contributed by atoms with van der Waals surface area (Å²) < 4.78 is 5.27. The Bertz CT molecular complexity index is 632. The minimum absolute atomic E-state index is 0.132. The van der Waals surface area contributed by atoms with Crippen LogP contribution < -0.4 is 5.32 Å². The molecule has 0 spiro atoms. The van der Waals surface area contributed by atoms with Gasteiger partial charge in [0.1, 0.15) is 0 Å². The zero-order chi connectivity index (χ0) is 13.8. The Balaban J connectivity index is 2.06. The van der Waals surface area contributed by atoms with E-state index in [1.165, 1.54) is 0 Å². The number of fused-ring (bicyclic) bond motifs is 1. The number of benzene rings is 1. The molecule has 1 heterocycles. The van der Waals surface area contributed by atoms with Gasteiger partial charge in [0, 0.05) is 18.7 Å². The van der Waals surface area contributed by atoms with E-state index in [1.807, 2.05) is 6.92 Å². The molecule has 0 saturated carbocycles. The summed E-state index contributed by atoms with van der Waals surface area (Å²) in [5.41, 5.74) is 1.87. The molecule has 19 heavy (non-hydrogen) atoms. The third kappa shape index (κ3) is 3.42. The van der Waals surface area contributed by atoms with Crippen LogP contribution in [0, 0.1) is 10.8 Å². The zero-order valence-corrected chi connectivity index (χ0v) is 11.4. The number of hydrogen-bond acceptors (Lipinski definition) is 4. The number of rotatable bonds is 5. The minimum Gasteiger partial charge on any atom is -0.429 e. The molecule has 6 heteroatoms. The standard InChI is InChI=1S/C13H16N2O3S/c1-8(4-5-16)7-14-12(17)9-2-3-10-11(6-9)18-13(19)15-10/h2-3,6,8,16H,4-5,7H2,1H3,(H,14,17)(H,15,19). The second kappa shape index (κ2) is 5.99. The normalized spacial score (nSPS) is 12.5. The molecule has 1 aromatic carbocycles. The van der Waals surface area contributed by atoms with Gasteiger partial charge in [0.2, 0.25) is 0 Å². The Morgan fingerprint density at radius 2 is 2.37 bits per heavy atom. The Labute approximate surface area is 115 Å². The van der Waals surface area contributed by atoms with Gasteiger partial charge >= 0.3 is 0 Å². The van der Waals surface area contributed by atoms with Crippen LogP contribution in [0.5, 0.6) is 0 Å². The van der Waals surface area contributed by atoms with Gasteiger partial charge in [-0.1, -0.05) is 6.92 Å². The Hall–Kier alpha value is -1.66. The third-order valence-corrected chi connectivity index (χ3v) is 3.10. The fourth-order valence-electron chi connectivity index (χ4n) is 1.78. The van der Waals surface area contributed by atoms with Crippen LogP contribution in [0.4, 0.5) is 0 Å². The molecule has 5 nitrogen and oxygen atoms in total. The number of hydrogen-bond donors (Lipinski definition) is 3. The quantitative estimate of drug-likeness (QED) is 0.734. The number of aliphatic hydroxyl groups is 1. The predicted molar refractivity (Wildman–Crippen MR) is 74.6 cm³/mol. The van der Waals surface area contributed by atoms with Crippen LogP contribution in [0.15, 0.2) is 22.6 Å². The molecule has 0 radical (unpaired) electrons. The maximum atomic E-state index is 12.0.